The molecule has 3 heteroatoms. The predicted molar refractivity (Wildman–Crippen MR) is 60.6 cm³/mol. The molecule has 1 heterocycles. The van der Waals surface area contributed by atoms with Crippen LogP contribution in [0.3, 0.4) is 0 Å². The zero-order valence-electron chi connectivity index (χ0n) is 9.15. The highest BCUT2D eigenvalue weighted by atomic mass is 14.9. The van der Waals surface area contributed by atoms with Gasteiger partial charge in [0.05, 0.1) is 0 Å². The summed E-state index contributed by atoms with van der Waals surface area (Å²) in [5, 5.41) is 0. The van der Waals surface area contributed by atoms with E-state index in [1.54, 1.807) is 0 Å². The SMILES string of the molecule is NCCc1ccnc(C2CCCCC2)n1. The number of nitrogens with zero attached hydrogens (tertiary/aromatic N) is 2. The van der Waals surface area contributed by atoms with Crippen LogP contribution >= 0.6 is 0 Å². The Morgan fingerprint density at radius 1 is 1.27 bits per heavy atom. The Morgan fingerprint density at radius 2 is 2.07 bits per heavy atom. The summed E-state index contributed by atoms with van der Waals surface area (Å²) in [6, 6.07) is 1.97. The largest absolute Gasteiger partial charge is 0.330 e. The minimum atomic E-state index is 0.594. The molecule has 82 valence electrons. The number of hydrogen-bond donors (Lipinski definition) is 1. The summed E-state index contributed by atoms with van der Waals surface area (Å²) in [6.45, 7) is 0.668. The first kappa shape index (κ1) is 10.6. The van der Waals surface area contributed by atoms with Gasteiger partial charge in [0.25, 0.3) is 0 Å². The highest BCUT2D eigenvalue weighted by Gasteiger charge is 2.17. The van der Waals surface area contributed by atoms with E-state index in [1.807, 2.05) is 12.3 Å². The fraction of sp³-hybridized carbons (Fsp3) is 0.667. The quantitative estimate of drug-likeness (QED) is 0.821. The van der Waals surface area contributed by atoms with Gasteiger partial charge >= 0.3 is 0 Å². The molecule has 0 radical (unpaired) electrons. The van der Waals surface area contributed by atoms with E-state index in [2.05, 4.69) is 9.97 Å². The molecule has 1 aliphatic rings. The molecule has 0 aliphatic heterocycles. The topological polar surface area (TPSA) is 51.8 Å². The van der Waals surface area contributed by atoms with E-state index in [4.69, 9.17) is 5.73 Å². The van der Waals surface area contributed by atoms with Crippen molar-refractivity contribution in [2.75, 3.05) is 6.54 Å². The van der Waals surface area contributed by atoms with E-state index in [0.717, 1.165) is 17.9 Å². The van der Waals surface area contributed by atoms with Crippen molar-refractivity contribution in [3.8, 4) is 0 Å². The molecule has 0 spiro atoms. The first-order valence-electron chi connectivity index (χ1n) is 5.92. The maximum atomic E-state index is 5.53. The van der Waals surface area contributed by atoms with Gasteiger partial charge in [-0.05, 0) is 25.5 Å². The second kappa shape index (κ2) is 5.21. The molecule has 0 aromatic carbocycles. The van der Waals surface area contributed by atoms with Crippen LogP contribution in [0.2, 0.25) is 0 Å². The maximum Gasteiger partial charge on any atom is 0.131 e. The highest BCUT2D eigenvalue weighted by Crippen LogP contribution is 2.30. The van der Waals surface area contributed by atoms with Crippen molar-refractivity contribution >= 4 is 0 Å². The van der Waals surface area contributed by atoms with Crippen LogP contribution in [0.25, 0.3) is 0 Å². The van der Waals surface area contributed by atoms with Crippen molar-refractivity contribution in [1.82, 2.24) is 9.97 Å². The third-order valence-electron chi connectivity index (χ3n) is 3.10. The summed E-state index contributed by atoms with van der Waals surface area (Å²) >= 11 is 0. The Morgan fingerprint density at radius 3 is 2.80 bits per heavy atom. The van der Waals surface area contributed by atoms with Crippen molar-refractivity contribution in [3.05, 3.63) is 23.8 Å². The molecule has 0 atom stereocenters. The summed E-state index contributed by atoms with van der Waals surface area (Å²) in [6.07, 6.45) is 9.28. The standard InChI is InChI=1S/C12H19N3/c13-8-6-11-7-9-14-12(15-11)10-4-2-1-3-5-10/h7,9-10H,1-6,8,13H2. The monoisotopic (exact) mass is 205 g/mol. The lowest BCUT2D eigenvalue weighted by molar-refractivity contribution is 0.427. The minimum Gasteiger partial charge on any atom is -0.330 e. The molecule has 1 aliphatic carbocycles. The smallest absolute Gasteiger partial charge is 0.131 e. The van der Waals surface area contributed by atoms with Crippen molar-refractivity contribution < 1.29 is 0 Å². The molecule has 1 aromatic heterocycles. The van der Waals surface area contributed by atoms with Crippen LogP contribution in [-0.4, -0.2) is 16.5 Å². The van der Waals surface area contributed by atoms with Crippen LogP contribution in [0, 0.1) is 0 Å². The Labute approximate surface area is 91.1 Å². The third-order valence-corrected chi connectivity index (χ3v) is 3.10. The second-order valence-electron chi connectivity index (χ2n) is 4.28. The van der Waals surface area contributed by atoms with Gasteiger partial charge in [0, 0.05) is 24.2 Å². The summed E-state index contributed by atoms with van der Waals surface area (Å²) in [5.74, 6) is 1.64. The average molecular weight is 205 g/mol. The molecule has 0 unspecified atom stereocenters. The van der Waals surface area contributed by atoms with Gasteiger partial charge < -0.3 is 5.73 Å². The van der Waals surface area contributed by atoms with E-state index in [-0.39, 0.29) is 0 Å². The fourth-order valence-electron chi connectivity index (χ4n) is 2.26. The van der Waals surface area contributed by atoms with Gasteiger partial charge in [-0.2, -0.15) is 0 Å². The molecule has 15 heavy (non-hydrogen) atoms. The first-order valence-corrected chi connectivity index (χ1v) is 5.92. The van der Waals surface area contributed by atoms with Crippen LogP contribution in [0.5, 0.6) is 0 Å². The highest BCUT2D eigenvalue weighted by molar-refractivity contribution is 5.06. The lowest BCUT2D eigenvalue weighted by atomic mass is 9.88. The summed E-state index contributed by atoms with van der Waals surface area (Å²) in [7, 11) is 0. The Bertz CT molecular complexity index is 305. The van der Waals surface area contributed by atoms with E-state index in [9.17, 15) is 0 Å². The van der Waals surface area contributed by atoms with E-state index in [0.29, 0.717) is 12.5 Å². The Balaban J connectivity index is 2.09. The first-order chi connectivity index (χ1) is 7.40. The van der Waals surface area contributed by atoms with E-state index < -0.39 is 0 Å². The molecule has 1 fully saturated rings. The molecule has 2 N–H and O–H groups in total. The summed E-state index contributed by atoms with van der Waals surface area (Å²) < 4.78 is 0. The predicted octanol–water partition coefficient (Wildman–Crippen LogP) is 2.03. The van der Waals surface area contributed by atoms with Gasteiger partial charge in [-0.1, -0.05) is 19.3 Å². The van der Waals surface area contributed by atoms with Gasteiger partial charge in [0.15, 0.2) is 0 Å². The average Bonchev–Trinajstić information content (AvgIpc) is 2.31. The van der Waals surface area contributed by atoms with Crippen molar-refractivity contribution in [2.45, 2.75) is 44.4 Å². The van der Waals surface area contributed by atoms with Gasteiger partial charge in [0.1, 0.15) is 5.82 Å². The molecular formula is C12H19N3. The number of hydrogen-bond acceptors (Lipinski definition) is 3. The molecule has 2 rings (SSSR count). The van der Waals surface area contributed by atoms with Crippen LogP contribution in [0.1, 0.15) is 49.5 Å². The van der Waals surface area contributed by atoms with E-state index >= 15 is 0 Å². The van der Waals surface area contributed by atoms with Crippen LogP contribution in [0.4, 0.5) is 0 Å². The Kier molecular flexibility index (Phi) is 3.67. The van der Waals surface area contributed by atoms with Gasteiger partial charge in [-0.15, -0.1) is 0 Å². The number of aromatic nitrogens is 2. The number of rotatable bonds is 3. The molecular weight excluding hydrogens is 186 g/mol. The van der Waals surface area contributed by atoms with Crippen molar-refractivity contribution in [3.63, 3.8) is 0 Å². The molecule has 0 saturated heterocycles. The Hall–Kier alpha value is -0.960. The van der Waals surface area contributed by atoms with Crippen molar-refractivity contribution in [1.29, 1.82) is 0 Å². The van der Waals surface area contributed by atoms with Crippen LogP contribution in [0.15, 0.2) is 12.3 Å². The third kappa shape index (κ3) is 2.75. The zero-order chi connectivity index (χ0) is 10.5. The van der Waals surface area contributed by atoms with Gasteiger partial charge in [0.2, 0.25) is 0 Å². The molecule has 0 amide bonds. The van der Waals surface area contributed by atoms with Crippen molar-refractivity contribution in [2.24, 2.45) is 5.73 Å². The molecule has 1 aromatic rings. The molecule has 0 bridgehead atoms. The normalized spacial score (nSPS) is 17.9. The minimum absolute atomic E-state index is 0.594. The lowest BCUT2D eigenvalue weighted by Gasteiger charge is -2.20. The second-order valence-corrected chi connectivity index (χ2v) is 4.28. The van der Waals surface area contributed by atoms with Crippen LogP contribution < -0.4 is 5.73 Å². The molecule has 3 nitrogen and oxygen atoms in total. The van der Waals surface area contributed by atoms with Gasteiger partial charge in [-0.3, -0.25) is 0 Å². The van der Waals surface area contributed by atoms with Crippen LogP contribution in [-0.2, 0) is 6.42 Å². The summed E-state index contributed by atoms with van der Waals surface area (Å²) in [5.41, 5.74) is 6.62. The summed E-state index contributed by atoms with van der Waals surface area (Å²) in [4.78, 5) is 8.99. The molecule has 1 saturated carbocycles. The fourth-order valence-corrected chi connectivity index (χ4v) is 2.26. The number of nitrogens with two attached hydrogens (primary N) is 1. The maximum absolute atomic E-state index is 5.53. The zero-order valence-corrected chi connectivity index (χ0v) is 9.15. The van der Waals surface area contributed by atoms with Gasteiger partial charge in [-0.25, -0.2) is 9.97 Å². The van der Waals surface area contributed by atoms with E-state index in [1.165, 1.54) is 32.1 Å². The lowest BCUT2D eigenvalue weighted by Crippen LogP contribution is -2.11.